The second kappa shape index (κ2) is 1.70. The van der Waals surface area contributed by atoms with Crippen LogP contribution in [0, 0.1) is 6.42 Å². The molecule has 0 aliphatic carbocycles. The molecule has 0 aromatic carbocycles. The normalized spacial score (nSPS) is 33.0. The first-order valence-corrected chi connectivity index (χ1v) is 3.45. The van der Waals surface area contributed by atoms with E-state index in [2.05, 4.69) is 18.4 Å². The van der Waals surface area contributed by atoms with E-state index in [1.165, 1.54) is 0 Å². The van der Waals surface area contributed by atoms with Gasteiger partial charge < -0.3 is 9.64 Å². The highest BCUT2D eigenvalue weighted by Crippen LogP contribution is 2.32. The van der Waals surface area contributed by atoms with Crippen LogP contribution in [-0.4, -0.2) is 37.2 Å². The summed E-state index contributed by atoms with van der Waals surface area (Å²) in [5.74, 6) is 0. The summed E-state index contributed by atoms with van der Waals surface area (Å²) in [6.45, 7) is 3.13. The van der Waals surface area contributed by atoms with Crippen LogP contribution in [0.2, 0.25) is 0 Å². The van der Waals surface area contributed by atoms with Crippen LogP contribution in [0.15, 0.2) is 0 Å². The van der Waals surface area contributed by atoms with Crippen LogP contribution in [0.25, 0.3) is 0 Å². The highest BCUT2D eigenvalue weighted by molar-refractivity contribution is 5.03. The van der Waals surface area contributed by atoms with Crippen molar-refractivity contribution < 1.29 is 4.74 Å². The number of rotatable bonds is 0. The molecule has 0 bridgehead atoms. The molecule has 2 nitrogen and oxygen atoms in total. The van der Waals surface area contributed by atoms with E-state index in [-0.39, 0.29) is 5.60 Å². The van der Waals surface area contributed by atoms with E-state index in [0.29, 0.717) is 0 Å². The Balaban J connectivity index is 1.95. The van der Waals surface area contributed by atoms with Gasteiger partial charge in [-0.1, -0.05) is 0 Å². The minimum absolute atomic E-state index is 0.259. The van der Waals surface area contributed by atoms with Gasteiger partial charge in [-0.05, 0) is 19.9 Å². The average Bonchev–Trinajstić information content (AvgIpc) is 2.12. The van der Waals surface area contributed by atoms with Crippen LogP contribution in [0.1, 0.15) is 6.42 Å². The zero-order chi connectivity index (χ0) is 6.32. The second-order valence-corrected chi connectivity index (χ2v) is 3.16. The van der Waals surface area contributed by atoms with E-state index in [9.17, 15) is 0 Å². The quantitative estimate of drug-likeness (QED) is 0.462. The van der Waals surface area contributed by atoms with Crippen molar-refractivity contribution in [2.45, 2.75) is 12.0 Å². The molecule has 0 unspecified atom stereocenters. The molecule has 2 heteroatoms. The van der Waals surface area contributed by atoms with Gasteiger partial charge in [0, 0.05) is 13.1 Å². The summed E-state index contributed by atoms with van der Waals surface area (Å²) in [5.41, 5.74) is 0.259. The molecule has 2 aliphatic rings. The van der Waals surface area contributed by atoms with Gasteiger partial charge in [-0.2, -0.15) is 0 Å². The first-order chi connectivity index (χ1) is 4.31. The molecular formula is C7H12NO. The fourth-order valence-corrected chi connectivity index (χ4v) is 1.77. The largest absolute Gasteiger partial charge is 0.372 e. The highest BCUT2D eigenvalue weighted by Gasteiger charge is 2.44. The second-order valence-electron chi connectivity index (χ2n) is 3.16. The first-order valence-electron chi connectivity index (χ1n) is 3.45. The van der Waals surface area contributed by atoms with Gasteiger partial charge >= 0.3 is 0 Å². The predicted octanol–water partition coefficient (Wildman–Crippen LogP) is 0.295. The lowest BCUT2D eigenvalue weighted by Crippen LogP contribution is -2.59. The van der Waals surface area contributed by atoms with Crippen molar-refractivity contribution in [2.24, 2.45) is 0 Å². The Morgan fingerprint density at radius 3 is 2.78 bits per heavy atom. The van der Waals surface area contributed by atoms with E-state index < -0.39 is 0 Å². The summed E-state index contributed by atoms with van der Waals surface area (Å²) in [5, 5.41) is 0. The Hall–Kier alpha value is -0.0800. The van der Waals surface area contributed by atoms with E-state index in [4.69, 9.17) is 4.74 Å². The Morgan fingerprint density at radius 2 is 2.33 bits per heavy atom. The van der Waals surface area contributed by atoms with E-state index >= 15 is 0 Å². The lowest BCUT2D eigenvalue weighted by atomic mass is 9.92. The van der Waals surface area contributed by atoms with Gasteiger partial charge in [-0.15, -0.1) is 0 Å². The average molecular weight is 126 g/mol. The molecule has 0 aromatic heterocycles. The molecule has 2 rings (SSSR count). The van der Waals surface area contributed by atoms with Crippen molar-refractivity contribution in [3.63, 3.8) is 0 Å². The fourth-order valence-electron chi connectivity index (χ4n) is 1.77. The predicted molar refractivity (Wildman–Crippen MR) is 35.1 cm³/mol. The van der Waals surface area contributed by atoms with Crippen LogP contribution in [0.4, 0.5) is 0 Å². The molecule has 51 valence electrons. The van der Waals surface area contributed by atoms with Crippen molar-refractivity contribution in [1.82, 2.24) is 4.90 Å². The molecular weight excluding hydrogens is 114 g/mol. The van der Waals surface area contributed by atoms with E-state index in [0.717, 1.165) is 26.1 Å². The van der Waals surface area contributed by atoms with Gasteiger partial charge in [0.1, 0.15) is 0 Å². The molecule has 1 spiro atoms. The molecule has 2 saturated heterocycles. The van der Waals surface area contributed by atoms with Gasteiger partial charge in [0.25, 0.3) is 0 Å². The number of likely N-dealkylation sites (tertiary alicyclic amines) is 1. The molecule has 0 atom stereocenters. The van der Waals surface area contributed by atoms with Crippen molar-refractivity contribution in [1.29, 1.82) is 0 Å². The first kappa shape index (κ1) is 5.69. The van der Waals surface area contributed by atoms with Gasteiger partial charge in [-0.25, -0.2) is 0 Å². The van der Waals surface area contributed by atoms with Crippen LogP contribution in [0.3, 0.4) is 0 Å². The van der Waals surface area contributed by atoms with Gasteiger partial charge in [0.15, 0.2) is 0 Å². The van der Waals surface area contributed by atoms with Crippen LogP contribution in [-0.2, 0) is 4.74 Å². The molecule has 1 radical (unpaired) electrons. The summed E-state index contributed by atoms with van der Waals surface area (Å²) in [6.07, 6.45) is 3.39. The SMILES string of the molecule is CN1CC2(C[CH]CO2)C1. The molecule has 0 amide bonds. The molecule has 9 heavy (non-hydrogen) atoms. The number of hydrogen-bond donors (Lipinski definition) is 0. The molecule has 0 saturated carbocycles. The van der Waals surface area contributed by atoms with Crippen LogP contribution >= 0.6 is 0 Å². The fraction of sp³-hybridized carbons (Fsp3) is 0.857. The van der Waals surface area contributed by atoms with Crippen molar-refractivity contribution in [2.75, 3.05) is 26.7 Å². The Labute approximate surface area is 55.8 Å². The molecule has 2 fully saturated rings. The van der Waals surface area contributed by atoms with Gasteiger partial charge in [-0.3, -0.25) is 0 Å². The van der Waals surface area contributed by atoms with Crippen LogP contribution in [0.5, 0.6) is 0 Å². The minimum Gasteiger partial charge on any atom is -0.372 e. The summed E-state index contributed by atoms with van der Waals surface area (Å²) in [7, 11) is 2.13. The number of ether oxygens (including phenoxy) is 1. The minimum atomic E-state index is 0.259. The lowest BCUT2D eigenvalue weighted by Gasteiger charge is -2.45. The van der Waals surface area contributed by atoms with Crippen LogP contribution < -0.4 is 0 Å². The summed E-state index contributed by atoms with van der Waals surface area (Å²) >= 11 is 0. The smallest absolute Gasteiger partial charge is 0.0938 e. The van der Waals surface area contributed by atoms with E-state index in [1.807, 2.05) is 0 Å². The van der Waals surface area contributed by atoms with Gasteiger partial charge in [0.2, 0.25) is 0 Å². The Morgan fingerprint density at radius 1 is 1.56 bits per heavy atom. The third kappa shape index (κ3) is 0.775. The summed E-state index contributed by atoms with van der Waals surface area (Å²) in [4.78, 5) is 2.29. The third-order valence-electron chi connectivity index (χ3n) is 2.14. The summed E-state index contributed by atoms with van der Waals surface area (Å²) < 4.78 is 5.55. The van der Waals surface area contributed by atoms with Gasteiger partial charge in [0.05, 0.1) is 12.2 Å². The summed E-state index contributed by atoms with van der Waals surface area (Å²) in [6, 6.07) is 0. The molecule has 2 heterocycles. The maximum Gasteiger partial charge on any atom is 0.0938 e. The van der Waals surface area contributed by atoms with Crippen molar-refractivity contribution >= 4 is 0 Å². The lowest BCUT2D eigenvalue weighted by molar-refractivity contribution is -0.100. The molecule has 0 N–H and O–H groups in total. The Kier molecular flexibility index (Phi) is 1.08. The maximum absolute atomic E-state index is 5.55. The zero-order valence-electron chi connectivity index (χ0n) is 5.76. The number of nitrogens with zero attached hydrogens (tertiary/aromatic N) is 1. The topological polar surface area (TPSA) is 12.5 Å². The van der Waals surface area contributed by atoms with E-state index in [1.54, 1.807) is 0 Å². The number of hydrogen-bond acceptors (Lipinski definition) is 2. The maximum atomic E-state index is 5.55. The van der Waals surface area contributed by atoms with Crippen molar-refractivity contribution in [3.8, 4) is 0 Å². The Bertz CT molecular complexity index is 110. The third-order valence-corrected chi connectivity index (χ3v) is 2.14. The van der Waals surface area contributed by atoms with Crippen molar-refractivity contribution in [3.05, 3.63) is 6.42 Å². The zero-order valence-corrected chi connectivity index (χ0v) is 5.76. The molecule has 2 aliphatic heterocycles. The highest BCUT2D eigenvalue weighted by atomic mass is 16.5. The monoisotopic (exact) mass is 126 g/mol. The molecule has 0 aromatic rings. The number of likely N-dealkylation sites (N-methyl/N-ethyl adjacent to an activating group) is 1. The standard InChI is InChI=1S/C7H12NO/c1-8-5-7(6-8)3-2-4-9-7/h2H,3-6H2,1H3.